The summed E-state index contributed by atoms with van der Waals surface area (Å²) in [5.41, 5.74) is 0.805. The summed E-state index contributed by atoms with van der Waals surface area (Å²) in [5, 5.41) is 3.29. The van der Waals surface area contributed by atoms with Crippen molar-refractivity contribution in [2.45, 2.75) is 40.2 Å². The minimum atomic E-state index is -0.311. The lowest BCUT2D eigenvalue weighted by Gasteiger charge is -2.17. The third-order valence-electron chi connectivity index (χ3n) is 2.47. The Hall–Kier alpha value is -1.25. The van der Waals surface area contributed by atoms with Gasteiger partial charge in [-0.3, -0.25) is 0 Å². The molecule has 1 aromatic carbocycles. The molecule has 0 aliphatic carbocycles. The normalized spacial score (nSPS) is 12.6. The second-order valence-corrected chi connectivity index (χ2v) is 4.75. The zero-order valence-corrected chi connectivity index (χ0v) is 11.1. The summed E-state index contributed by atoms with van der Waals surface area (Å²) >= 11 is 0. The Labute approximate surface area is 103 Å². The maximum Gasteiger partial charge on any atom is 0.167 e. The van der Waals surface area contributed by atoms with Crippen molar-refractivity contribution in [3.8, 4) is 5.75 Å². The minimum absolute atomic E-state index is 0.311. The zero-order valence-electron chi connectivity index (χ0n) is 11.1. The molecule has 0 aliphatic heterocycles. The SMILES string of the molecule is CCOc1ccc(NC(C)CC(C)C)cc1F. The molecular weight excluding hydrogens is 217 g/mol. The molecule has 0 heterocycles. The highest BCUT2D eigenvalue weighted by atomic mass is 19.1. The Morgan fingerprint density at radius 3 is 2.53 bits per heavy atom. The third-order valence-corrected chi connectivity index (χ3v) is 2.47. The van der Waals surface area contributed by atoms with Crippen LogP contribution in [0.2, 0.25) is 0 Å². The lowest BCUT2D eigenvalue weighted by Crippen LogP contribution is -2.17. The van der Waals surface area contributed by atoms with Gasteiger partial charge < -0.3 is 10.1 Å². The van der Waals surface area contributed by atoms with Crippen molar-refractivity contribution in [2.24, 2.45) is 5.92 Å². The van der Waals surface area contributed by atoms with Crippen molar-refractivity contribution in [2.75, 3.05) is 11.9 Å². The van der Waals surface area contributed by atoms with E-state index in [1.54, 1.807) is 6.07 Å². The predicted molar refractivity (Wildman–Crippen MR) is 70.1 cm³/mol. The van der Waals surface area contributed by atoms with Gasteiger partial charge in [0.1, 0.15) is 0 Å². The Morgan fingerprint density at radius 2 is 2.00 bits per heavy atom. The van der Waals surface area contributed by atoms with E-state index in [1.165, 1.54) is 6.07 Å². The second kappa shape index (κ2) is 6.48. The molecule has 0 saturated carbocycles. The van der Waals surface area contributed by atoms with Crippen LogP contribution in [0.1, 0.15) is 34.1 Å². The van der Waals surface area contributed by atoms with E-state index in [0.29, 0.717) is 24.3 Å². The van der Waals surface area contributed by atoms with Gasteiger partial charge in [0.15, 0.2) is 11.6 Å². The van der Waals surface area contributed by atoms with Crippen LogP contribution in [0.4, 0.5) is 10.1 Å². The van der Waals surface area contributed by atoms with Crippen LogP contribution < -0.4 is 10.1 Å². The molecule has 0 aromatic heterocycles. The summed E-state index contributed by atoms with van der Waals surface area (Å²) < 4.78 is 18.7. The fraction of sp³-hybridized carbons (Fsp3) is 0.571. The van der Waals surface area contributed by atoms with Crippen molar-refractivity contribution < 1.29 is 9.13 Å². The summed E-state index contributed by atoms with van der Waals surface area (Å²) in [4.78, 5) is 0. The fourth-order valence-corrected chi connectivity index (χ4v) is 1.91. The van der Waals surface area contributed by atoms with Gasteiger partial charge in [-0.15, -0.1) is 0 Å². The highest BCUT2D eigenvalue weighted by molar-refractivity contribution is 5.47. The first-order valence-electron chi connectivity index (χ1n) is 6.21. The minimum Gasteiger partial charge on any atom is -0.491 e. The van der Waals surface area contributed by atoms with Crippen molar-refractivity contribution in [1.29, 1.82) is 0 Å². The topological polar surface area (TPSA) is 21.3 Å². The van der Waals surface area contributed by atoms with E-state index in [9.17, 15) is 4.39 Å². The van der Waals surface area contributed by atoms with E-state index in [2.05, 4.69) is 26.1 Å². The number of hydrogen-bond donors (Lipinski definition) is 1. The Balaban J connectivity index is 2.63. The van der Waals surface area contributed by atoms with Crippen LogP contribution in [0.15, 0.2) is 18.2 Å². The molecule has 2 nitrogen and oxygen atoms in total. The predicted octanol–water partition coefficient (Wildman–Crippen LogP) is 4.07. The number of nitrogens with one attached hydrogen (secondary N) is 1. The van der Waals surface area contributed by atoms with E-state index >= 15 is 0 Å². The summed E-state index contributed by atoms with van der Waals surface area (Å²) in [5.74, 6) is 0.633. The molecule has 0 fully saturated rings. The zero-order chi connectivity index (χ0) is 12.8. The van der Waals surface area contributed by atoms with E-state index in [0.717, 1.165) is 12.1 Å². The number of halogens is 1. The monoisotopic (exact) mass is 239 g/mol. The molecule has 0 aliphatic rings. The van der Waals surface area contributed by atoms with Gasteiger partial charge in [-0.25, -0.2) is 4.39 Å². The largest absolute Gasteiger partial charge is 0.491 e. The van der Waals surface area contributed by atoms with Gasteiger partial charge in [-0.05, 0) is 38.3 Å². The van der Waals surface area contributed by atoms with Gasteiger partial charge in [0, 0.05) is 17.8 Å². The van der Waals surface area contributed by atoms with Crippen LogP contribution >= 0.6 is 0 Å². The molecule has 1 N–H and O–H groups in total. The summed E-state index contributed by atoms with van der Waals surface area (Å²) in [6.07, 6.45) is 1.06. The molecule has 96 valence electrons. The van der Waals surface area contributed by atoms with Crippen molar-refractivity contribution in [3.05, 3.63) is 24.0 Å². The maximum atomic E-state index is 13.6. The van der Waals surface area contributed by atoms with Gasteiger partial charge >= 0.3 is 0 Å². The molecule has 0 bridgehead atoms. The van der Waals surface area contributed by atoms with Crippen molar-refractivity contribution >= 4 is 5.69 Å². The highest BCUT2D eigenvalue weighted by Gasteiger charge is 2.08. The molecule has 0 radical (unpaired) electrons. The number of ether oxygens (including phenoxy) is 1. The van der Waals surface area contributed by atoms with Gasteiger partial charge in [-0.2, -0.15) is 0 Å². The van der Waals surface area contributed by atoms with E-state index in [1.807, 2.05) is 13.0 Å². The molecule has 0 amide bonds. The smallest absolute Gasteiger partial charge is 0.167 e. The Morgan fingerprint density at radius 1 is 1.29 bits per heavy atom. The quantitative estimate of drug-likeness (QED) is 0.808. The number of benzene rings is 1. The summed E-state index contributed by atoms with van der Waals surface area (Å²) in [6.45, 7) is 8.78. The van der Waals surface area contributed by atoms with Crippen molar-refractivity contribution in [1.82, 2.24) is 0 Å². The van der Waals surface area contributed by atoms with Crippen LogP contribution in [-0.4, -0.2) is 12.6 Å². The van der Waals surface area contributed by atoms with Crippen LogP contribution in [0, 0.1) is 11.7 Å². The molecule has 1 aromatic rings. The Kier molecular flexibility index (Phi) is 5.26. The maximum absolute atomic E-state index is 13.6. The van der Waals surface area contributed by atoms with E-state index < -0.39 is 0 Å². The number of rotatable bonds is 6. The molecule has 1 rings (SSSR count). The van der Waals surface area contributed by atoms with Crippen molar-refractivity contribution in [3.63, 3.8) is 0 Å². The van der Waals surface area contributed by atoms with Gasteiger partial charge in [0.2, 0.25) is 0 Å². The number of hydrogen-bond acceptors (Lipinski definition) is 2. The summed E-state index contributed by atoms with van der Waals surface area (Å²) in [6, 6.07) is 5.35. The fourth-order valence-electron chi connectivity index (χ4n) is 1.91. The van der Waals surface area contributed by atoms with Crippen LogP contribution in [0.5, 0.6) is 5.75 Å². The first-order valence-corrected chi connectivity index (χ1v) is 6.21. The van der Waals surface area contributed by atoms with E-state index in [4.69, 9.17) is 4.74 Å². The van der Waals surface area contributed by atoms with Crippen LogP contribution in [0.25, 0.3) is 0 Å². The average Bonchev–Trinajstić information content (AvgIpc) is 2.21. The highest BCUT2D eigenvalue weighted by Crippen LogP contribution is 2.22. The first kappa shape index (κ1) is 13.8. The molecule has 1 unspecified atom stereocenters. The molecule has 17 heavy (non-hydrogen) atoms. The lowest BCUT2D eigenvalue weighted by molar-refractivity contribution is 0.321. The van der Waals surface area contributed by atoms with Crippen LogP contribution in [0.3, 0.4) is 0 Å². The standard InChI is InChI=1S/C14H22FNO/c1-5-17-14-7-6-12(9-13(14)15)16-11(4)8-10(2)3/h6-7,9-11,16H,5,8H2,1-4H3. The third kappa shape index (κ3) is 4.63. The molecule has 1 atom stereocenters. The lowest BCUT2D eigenvalue weighted by atomic mass is 10.1. The van der Waals surface area contributed by atoms with Crippen LogP contribution in [-0.2, 0) is 0 Å². The molecule has 0 saturated heterocycles. The van der Waals surface area contributed by atoms with Gasteiger partial charge in [0.05, 0.1) is 6.61 Å². The Bertz CT molecular complexity index is 352. The molecule has 3 heteroatoms. The second-order valence-electron chi connectivity index (χ2n) is 4.75. The average molecular weight is 239 g/mol. The number of anilines is 1. The first-order chi connectivity index (χ1) is 8.02. The van der Waals surface area contributed by atoms with Gasteiger partial charge in [0.25, 0.3) is 0 Å². The van der Waals surface area contributed by atoms with Gasteiger partial charge in [-0.1, -0.05) is 13.8 Å². The van der Waals surface area contributed by atoms with E-state index in [-0.39, 0.29) is 5.82 Å². The summed E-state index contributed by atoms with van der Waals surface area (Å²) in [7, 11) is 0. The molecule has 0 spiro atoms. The molecular formula is C14H22FNO.